The van der Waals surface area contributed by atoms with Crippen molar-refractivity contribution in [2.75, 3.05) is 23.3 Å². The minimum atomic E-state index is 0.816. The maximum atomic E-state index is 4.19. The highest BCUT2D eigenvalue weighted by molar-refractivity contribution is 5.55. The minimum absolute atomic E-state index is 0.816. The van der Waals surface area contributed by atoms with Gasteiger partial charge in [-0.15, -0.1) is 0 Å². The first-order chi connectivity index (χ1) is 9.86. The number of nitrogens with zero attached hydrogens (tertiary/aromatic N) is 3. The van der Waals surface area contributed by atoms with E-state index in [4.69, 9.17) is 0 Å². The van der Waals surface area contributed by atoms with Crippen LogP contribution < -0.4 is 10.2 Å². The van der Waals surface area contributed by atoms with E-state index in [9.17, 15) is 0 Å². The maximum Gasteiger partial charge on any atom is 0.0948 e. The Kier molecular flexibility index (Phi) is 3.90. The molecule has 4 heteroatoms. The van der Waals surface area contributed by atoms with Crippen LogP contribution in [0.5, 0.6) is 0 Å². The lowest BCUT2D eigenvalue weighted by atomic mass is 10.2. The van der Waals surface area contributed by atoms with Gasteiger partial charge in [0.05, 0.1) is 18.6 Å². The molecule has 3 rings (SSSR count). The van der Waals surface area contributed by atoms with Gasteiger partial charge in [-0.05, 0) is 44.0 Å². The first-order valence-electron chi connectivity index (χ1n) is 7.44. The Labute approximate surface area is 120 Å². The van der Waals surface area contributed by atoms with Crippen LogP contribution in [0, 0.1) is 0 Å². The van der Waals surface area contributed by atoms with Crippen LogP contribution in [0.15, 0.2) is 36.8 Å². The normalized spacial score (nSPS) is 14.8. The first-order valence-corrected chi connectivity index (χ1v) is 7.44. The third-order valence-corrected chi connectivity index (χ3v) is 3.95. The summed E-state index contributed by atoms with van der Waals surface area (Å²) in [5.74, 6) is 0. The zero-order chi connectivity index (χ0) is 13.8. The lowest BCUT2D eigenvalue weighted by molar-refractivity contribution is 0.719. The topological polar surface area (TPSA) is 33.1 Å². The molecule has 1 fully saturated rings. The van der Waals surface area contributed by atoms with Gasteiger partial charge < -0.3 is 14.8 Å². The van der Waals surface area contributed by atoms with Gasteiger partial charge >= 0.3 is 0 Å². The van der Waals surface area contributed by atoms with E-state index in [-0.39, 0.29) is 0 Å². The van der Waals surface area contributed by atoms with Crippen molar-refractivity contribution in [2.45, 2.75) is 32.9 Å². The van der Waals surface area contributed by atoms with E-state index in [2.05, 4.69) is 51.0 Å². The highest BCUT2D eigenvalue weighted by atomic mass is 15.1. The third-order valence-electron chi connectivity index (χ3n) is 3.95. The molecule has 0 aliphatic carbocycles. The van der Waals surface area contributed by atoms with E-state index in [1.165, 1.54) is 37.3 Å². The molecule has 0 radical (unpaired) electrons. The van der Waals surface area contributed by atoms with Crippen molar-refractivity contribution < 1.29 is 0 Å². The van der Waals surface area contributed by atoms with Crippen molar-refractivity contribution in [1.29, 1.82) is 0 Å². The first kappa shape index (κ1) is 13.0. The van der Waals surface area contributed by atoms with E-state index in [1.54, 1.807) is 0 Å². The largest absolute Gasteiger partial charge is 0.379 e. The lowest BCUT2D eigenvalue weighted by Crippen LogP contribution is -2.17. The summed E-state index contributed by atoms with van der Waals surface area (Å²) in [6, 6.07) is 8.76. The molecule has 20 heavy (non-hydrogen) atoms. The summed E-state index contributed by atoms with van der Waals surface area (Å²) in [4.78, 5) is 6.64. The molecular formula is C16H22N4. The van der Waals surface area contributed by atoms with Crippen LogP contribution in [0.3, 0.4) is 0 Å². The number of hydrogen-bond donors (Lipinski definition) is 1. The molecule has 0 unspecified atom stereocenters. The van der Waals surface area contributed by atoms with Crippen LogP contribution in [-0.4, -0.2) is 22.6 Å². The average Bonchev–Trinajstić information content (AvgIpc) is 3.16. The van der Waals surface area contributed by atoms with E-state index in [0.29, 0.717) is 0 Å². The molecule has 2 heterocycles. The molecule has 0 bridgehead atoms. The number of rotatable bonds is 5. The molecule has 0 amide bonds. The SMILES string of the molecule is CCn1cncc1CNc1ccc(N2CCCC2)cc1. The summed E-state index contributed by atoms with van der Waals surface area (Å²) in [7, 11) is 0. The Morgan fingerprint density at radius 1 is 1.15 bits per heavy atom. The van der Waals surface area contributed by atoms with Crippen molar-refractivity contribution in [2.24, 2.45) is 0 Å². The van der Waals surface area contributed by atoms with E-state index in [0.717, 1.165) is 18.8 Å². The molecule has 1 N–H and O–H groups in total. The molecule has 1 aromatic heterocycles. The lowest BCUT2D eigenvalue weighted by Gasteiger charge is -2.18. The van der Waals surface area contributed by atoms with Crippen molar-refractivity contribution >= 4 is 11.4 Å². The zero-order valence-electron chi connectivity index (χ0n) is 12.0. The van der Waals surface area contributed by atoms with Gasteiger partial charge in [-0.25, -0.2) is 4.98 Å². The van der Waals surface area contributed by atoms with Gasteiger partial charge in [-0.2, -0.15) is 0 Å². The standard InChI is InChI=1S/C16H22N4/c1-2-19-13-17-11-16(19)12-18-14-5-7-15(8-6-14)20-9-3-4-10-20/h5-8,11,13,18H,2-4,9-10,12H2,1H3. The van der Waals surface area contributed by atoms with Crippen LogP contribution in [-0.2, 0) is 13.1 Å². The second-order valence-electron chi connectivity index (χ2n) is 5.27. The highest BCUT2D eigenvalue weighted by Gasteiger charge is 2.11. The number of imidazole rings is 1. The summed E-state index contributed by atoms with van der Waals surface area (Å²) in [6.45, 7) is 6.31. The summed E-state index contributed by atoms with van der Waals surface area (Å²) < 4.78 is 2.16. The molecule has 1 aliphatic rings. The molecule has 1 saturated heterocycles. The Balaban J connectivity index is 1.60. The number of anilines is 2. The number of aromatic nitrogens is 2. The average molecular weight is 270 g/mol. The Bertz CT molecular complexity index is 538. The van der Waals surface area contributed by atoms with Crippen molar-refractivity contribution in [3.8, 4) is 0 Å². The van der Waals surface area contributed by atoms with E-state index in [1.807, 2.05) is 12.5 Å². The summed E-state index contributed by atoms with van der Waals surface area (Å²) >= 11 is 0. The molecule has 1 aromatic carbocycles. The highest BCUT2D eigenvalue weighted by Crippen LogP contribution is 2.22. The monoisotopic (exact) mass is 270 g/mol. The van der Waals surface area contributed by atoms with Gasteiger partial charge in [0, 0.05) is 37.2 Å². The molecule has 0 saturated carbocycles. The minimum Gasteiger partial charge on any atom is -0.379 e. The Morgan fingerprint density at radius 3 is 2.60 bits per heavy atom. The van der Waals surface area contributed by atoms with Crippen LogP contribution in [0.25, 0.3) is 0 Å². The molecule has 106 valence electrons. The summed E-state index contributed by atoms with van der Waals surface area (Å²) in [5.41, 5.74) is 3.72. The van der Waals surface area contributed by atoms with Gasteiger partial charge in [0.1, 0.15) is 0 Å². The van der Waals surface area contributed by atoms with Crippen LogP contribution >= 0.6 is 0 Å². The molecule has 4 nitrogen and oxygen atoms in total. The fourth-order valence-electron chi connectivity index (χ4n) is 2.74. The number of nitrogens with one attached hydrogen (secondary N) is 1. The van der Waals surface area contributed by atoms with Crippen molar-refractivity contribution in [3.63, 3.8) is 0 Å². The van der Waals surface area contributed by atoms with Crippen LogP contribution in [0.4, 0.5) is 11.4 Å². The second kappa shape index (κ2) is 5.99. The predicted octanol–water partition coefficient (Wildman–Crippen LogP) is 3.12. The van der Waals surface area contributed by atoms with Gasteiger partial charge in [-0.1, -0.05) is 0 Å². The zero-order valence-corrected chi connectivity index (χ0v) is 12.0. The van der Waals surface area contributed by atoms with E-state index < -0.39 is 0 Å². The fourth-order valence-corrected chi connectivity index (χ4v) is 2.74. The summed E-state index contributed by atoms with van der Waals surface area (Å²) in [5, 5.41) is 3.46. The van der Waals surface area contributed by atoms with Crippen LogP contribution in [0.1, 0.15) is 25.5 Å². The third kappa shape index (κ3) is 2.79. The van der Waals surface area contributed by atoms with Gasteiger partial charge in [0.25, 0.3) is 0 Å². The number of aryl methyl sites for hydroxylation is 1. The number of hydrogen-bond acceptors (Lipinski definition) is 3. The van der Waals surface area contributed by atoms with Crippen molar-refractivity contribution in [3.05, 3.63) is 42.5 Å². The molecule has 1 aliphatic heterocycles. The predicted molar refractivity (Wildman–Crippen MR) is 83.1 cm³/mol. The van der Waals surface area contributed by atoms with E-state index >= 15 is 0 Å². The summed E-state index contributed by atoms with van der Waals surface area (Å²) in [6.07, 6.45) is 6.45. The van der Waals surface area contributed by atoms with Crippen molar-refractivity contribution in [1.82, 2.24) is 9.55 Å². The van der Waals surface area contributed by atoms with Gasteiger partial charge in [0.15, 0.2) is 0 Å². The maximum absolute atomic E-state index is 4.19. The second-order valence-corrected chi connectivity index (χ2v) is 5.27. The van der Waals surface area contributed by atoms with Gasteiger partial charge in [0.2, 0.25) is 0 Å². The quantitative estimate of drug-likeness (QED) is 0.906. The molecule has 2 aromatic rings. The Hall–Kier alpha value is -1.97. The van der Waals surface area contributed by atoms with Crippen LogP contribution in [0.2, 0.25) is 0 Å². The number of benzene rings is 1. The fraction of sp³-hybridized carbons (Fsp3) is 0.438. The Morgan fingerprint density at radius 2 is 1.90 bits per heavy atom. The molecular weight excluding hydrogens is 248 g/mol. The van der Waals surface area contributed by atoms with Gasteiger partial charge in [-0.3, -0.25) is 0 Å². The smallest absolute Gasteiger partial charge is 0.0948 e. The molecule has 0 atom stereocenters. The molecule has 0 spiro atoms.